The summed E-state index contributed by atoms with van der Waals surface area (Å²) in [6, 6.07) is 10.1. The highest BCUT2D eigenvalue weighted by atomic mass is 16.5. The van der Waals surface area contributed by atoms with E-state index in [0.717, 1.165) is 18.3 Å². The van der Waals surface area contributed by atoms with Crippen LogP contribution in [0.2, 0.25) is 0 Å². The maximum atomic E-state index is 8.70. The summed E-state index contributed by atoms with van der Waals surface area (Å²) in [7, 11) is 0. The summed E-state index contributed by atoms with van der Waals surface area (Å²) in [5.41, 5.74) is 0.641. The average molecular weight is 202 g/mol. The zero-order chi connectivity index (χ0) is 10.5. The molecule has 1 aliphatic rings. The largest absolute Gasteiger partial charge is 0.492 e. The predicted octanol–water partition coefficient (Wildman–Crippen LogP) is 1.69. The van der Waals surface area contributed by atoms with Gasteiger partial charge in [0.1, 0.15) is 12.4 Å². The van der Waals surface area contributed by atoms with Crippen LogP contribution < -0.4 is 10.1 Å². The van der Waals surface area contributed by atoms with Crippen LogP contribution in [0, 0.1) is 11.3 Å². The lowest BCUT2D eigenvalue weighted by molar-refractivity contribution is 0.313. The number of nitriles is 1. The van der Waals surface area contributed by atoms with Crippen molar-refractivity contribution in [3.05, 3.63) is 29.8 Å². The van der Waals surface area contributed by atoms with Crippen LogP contribution in [0.3, 0.4) is 0 Å². The lowest BCUT2D eigenvalue weighted by atomic mass is 10.2. The van der Waals surface area contributed by atoms with Crippen molar-refractivity contribution in [2.45, 2.75) is 18.9 Å². The molecular formula is C12H14N2O. The zero-order valence-corrected chi connectivity index (χ0v) is 8.57. The second kappa shape index (κ2) is 4.81. The monoisotopic (exact) mass is 202 g/mol. The number of nitrogens with zero attached hydrogens (tertiary/aromatic N) is 1. The molecular weight excluding hydrogens is 188 g/mol. The standard InChI is InChI=1S/C12H14N2O/c13-9-10-2-1-3-12(8-10)15-7-6-14-11-4-5-11/h1-3,8,11,14H,4-7H2. The highest BCUT2D eigenvalue weighted by molar-refractivity contribution is 5.36. The van der Waals surface area contributed by atoms with Crippen LogP contribution in [0.25, 0.3) is 0 Å². The van der Waals surface area contributed by atoms with Crippen LogP contribution in [-0.4, -0.2) is 19.2 Å². The van der Waals surface area contributed by atoms with E-state index in [4.69, 9.17) is 10.00 Å². The van der Waals surface area contributed by atoms with E-state index in [1.807, 2.05) is 12.1 Å². The molecule has 0 unspecified atom stereocenters. The van der Waals surface area contributed by atoms with Crippen molar-refractivity contribution in [2.24, 2.45) is 0 Å². The Hall–Kier alpha value is -1.53. The third kappa shape index (κ3) is 3.26. The summed E-state index contributed by atoms with van der Waals surface area (Å²) in [6.45, 7) is 1.53. The molecule has 0 atom stereocenters. The Bertz CT molecular complexity index is 366. The molecule has 1 saturated carbocycles. The van der Waals surface area contributed by atoms with Gasteiger partial charge >= 0.3 is 0 Å². The minimum Gasteiger partial charge on any atom is -0.492 e. The first-order valence-corrected chi connectivity index (χ1v) is 5.25. The highest BCUT2D eigenvalue weighted by Gasteiger charge is 2.19. The molecule has 1 fully saturated rings. The molecule has 0 aromatic heterocycles. The fourth-order valence-electron chi connectivity index (χ4n) is 1.37. The van der Waals surface area contributed by atoms with Crippen molar-refractivity contribution in [3.8, 4) is 11.8 Å². The number of nitrogens with one attached hydrogen (secondary N) is 1. The third-order valence-electron chi connectivity index (χ3n) is 2.34. The lowest BCUT2D eigenvalue weighted by Gasteiger charge is -2.06. The molecule has 3 nitrogen and oxygen atoms in total. The number of rotatable bonds is 5. The fraction of sp³-hybridized carbons (Fsp3) is 0.417. The molecule has 0 heterocycles. The minimum atomic E-state index is 0.641. The Morgan fingerprint density at radius 2 is 2.33 bits per heavy atom. The second-order valence-electron chi connectivity index (χ2n) is 3.72. The Balaban J connectivity index is 1.74. The second-order valence-corrected chi connectivity index (χ2v) is 3.72. The summed E-state index contributed by atoms with van der Waals surface area (Å²) in [4.78, 5) is 0. The zero-order valence-electron chi connectivity index (χ0n) is 8.57. The molecule has 15 heavy (non-hydrogen) atoms. The SMILES string of the molecule is N#Cc1cccc(OCCNC2CC2)c1. The number of hydrogen-bond acceptors (Lipinski definition) is 3. The molecule has 3 heteroatoms. The van der Waals surface area contributed by atoms with Gasteiger partial charge in [0.05, 0.1) is 11.6 Å². The van der Waals surface area contributed by atoms with Crippen molar-refractivity contribution in [1.29, 1.82) is 5.26 Å². The van der Waals surface area contributed by atoms with Crippen LogP contribution in [0.1, 0.15) is 18.4 Å². The molecule has 2 rings (SSSR count). The Labute approximate surface area is 89.7 Å². The van der Waals surface area contributed by atoms with Gasteiger partial charge in [-0.1, -0.05) is 6.07 Å². The normalized spacial score (nSPS) is 14.6. The van der Waals surface area contributed by atoms with Gasteiger partial charge in [-0.05, 0) is 31.0 Å². The van der Waals surface area contributed by atoms with Crippen molar-refractivity contribution < 1.29 is 4.74 Å². The molecule has 0 amide bonds. The Morgan fingerprint density at radius 3 is 3.07 bits per heavy atom. The smallest absolute Gasteiger partial charge is 0.120 e. The summed E-state index contributed by atoms with van der Waals surface area (Å²) < 4.78 is 5.51. The fourth-order valence-corrected chi connectivity index (χ4v) is 1.37. The van der Waals surface area contributed by atoms with E-state index in [1.54, 1.807) is 12.1 Å². The number of hydrogen-bond donors (Lipinski definition) is 1. The third-order valence-corrected chi connectivity index (χ3v) is 2.34. The van der Waals surface area contributed by atoms with Gasteiger partial charge in [-0.15, -0.1) is 0 Å². The van der Waals surface area contributed by atoms with Crippen LogP contribution in [0.15, 0.2) is 24.3 Å². The highest BCUT2D eigenvalue weighted by Crippen LogP contribution is 2.18. The molecule has 0 aliphatic heterocycles. The average Bonchev–Trinajstić information content (AvgIpc) is 3.09. The molecule has 1 aromatic carbocycles. The Kier molecular flexibility index (Phi) is 3.21. The first kappa shape index (κ1) is 10.0. The maximum absolute atomic E-state index is 8.70. The summed E-state index contributed by atoms with van der Waals surface area (Å²) in [6.07, 6.45) is 2.59. The Morgan fingerprint density at radius 1 is 1.47 bits per heavy atom. The van der Waals surface area contributed by atoms with Gasteiger partial charge in [-0.3, -0.25) is 0 Å². The molecule has 1 aliphatic carbocycles. The van der Waals surface area contributed by atoms with E-state index < -0.39 is 0 Å². The molecule has 0 bridgehead atoms. The van der Waals surface area contributed by atoms with Gasteiger partial charge in [0.25, 0.3) is 0 Å². The first-order valence-electron chi connectivity index (χ1n) is 5.25. The predicted molar refractivity (Wildman–Crippen MR) is 57.7 cm³/mol. The van der Waals surface area contributed by atoms with Crippen molar-refractivity contribution in [3.63, 3.8) is 0 Å². The molecule has 1 N–H and O–H groups in total. The van der Waals surface area contributed by atoms with Crippen LogP contribution in [0.4, 0.5) is 0 Å². The first-order chi connectivity index (χ1) is 7.38. The van der Waals surface area contributed by atoms with E-state index in [0.29, 0.717) is 12.2 Å². The maximum Gasteiger partial charge on any atom is 0.120 e. The van der Waals surface area contributed by atoms with Crippen molar-refractivity contribution in [1.82, 2.24) is 5.32 Å². The van der Waals surface area contributed by atoms with E-state index in [1.165, 1.54) is 12.8 Å². The molecule has 0 saturated heterocycles. The topological polar surface area (TPSA) is 45.0 Å². The molecule has 0 spiro atoms. The molecule has 0 radical (unpaired) electrons. The minimum absolute atomic E-state index is 0.641. The van der Waals surface area contributed by atoms with Crippen LogP contribution >= 0.6 is 0 Å². The van der Waals surface area contributed by atoms with Gasteiger partial charge < -0.3 is 10.1 Å². The quantitative estimate of drug-likeness (QED) is 0.739. The van der Waals surface area contributed by atoms with Gasteiger partial charge in [-0.25, -0.2) is 0 Å². The summed E-state index contributed by atoms with van der Waals surface area (Å²) in [5, 5.41) is 12.1. The van der Waals surface area contributed by atoms with Crippen LogP contribution in [-0.2, 0) is 0 Å². The van der Waals surface area contributed by atoms with Gasteiger partial charge in [0, 0.05) is 12.6 Å². The van der Waals surface area contributed by atoms with E-state index in [9.17, 15) is 0 Å². The number of ether oxygens (including phenoxy) is 1. The summed E-state index contributed by atoms with van der Waals surface area (Å²) >= 11 is 0. The van der Waals surface area contributed by atoms with Crippen molar-refractivity contribution in [2.75, 3.05) is 13.2 Å². The van der Waals surface area contributed by atoms with Gasteiger partial charge in [0.15, 0.2) is 0 Å². The van der Waals surface area contributed by atoms with E-state index in [-0.39, 0.29) is 0 Å². The molecule has 1 aromatic rings. The van der Waals surface area contributed by atoms with Gasteiger partial charge in [0.2, 0.25) is 0 Å². The summed E-state index contributed by atoms with van der Waals surface area (Å²) in [5.74, 6) is 0.770. The van der Waals surface area contributed by atoms with E-state index >= 15 is 0 Å². The van der Waals surface area contributed by atoms with Crippen molar-refractivity contribution >= 4 is 0 Å². The number of benzene rings is 1. The van der Waals surface area contributed by atoms with Gasteiger partial charge in [-0.2, -0.15) is 5.26 Å². The van der Waals surface area contributed by atoms with Crippen LogP contribution in [0.5, 0.6) is 5.75 Å². The molecule has 78 valence electrons. The van der Waals surface area contributed by atoms with E-state index in [2.05, 4.69) is 11.4 Å². The lowest BCUT2D eigenvalue weighted by Crippen LogP contribution is -2.22.